The molecule has 0 aliphatic carbocycles. The van der Waals surface area contributed by atoms with Crippen molar-refractivity contribution in [2.45, 2.75) is 17.9 Å². The Balaban J connectivity index is 2.01. The van der Waals surface area contributed by atoms with Crippen LogP contribution in [0.15, 0.2) is 28.1 Å². The second-order valence-electron chi connectivity index (χ2n) is 3.98. The van der Waals surface area contributed by atoms with Gasteiger partial charge in [-0.05, 0) is 6.07 Å². The summed E-state index contributed by atoms with van der Waals surface area (Å²) in [6.07, 6.45) is 3.10. The topological polar surface area (TPSA) is 116 Å². The van der Waals surface area contributed by atoms with E-state index in [0.717, 1.165) is 5.69 Å². The Morgan fingerprint density at radius 3 is 2.89 bits per heavy atom. The Kier molecular flexibility index (Phi) is 3.98. The Hall–Kier alpha value is -1.71. The minimum absolute atomic E-state index is 0.198. The average molecular weight is 285 g/mol. The largest absolute Gasteiger partial charge is 0.352 e. The first kappa shape index (κ1) is 13.7. The molecule has 2 aromatic heterocycles. The third-order valence-electron chi connectivity index (χ3n) is 2.65. The molecule has 0 fully saturated rings. The number of rotatable bonds is 6. The molecule has 0 bridgehead atoms. The van der Waals surface area contributed by atoms with Gasteiger partial charge in [0.2, 0.25) is 16.4 Å². The normalized spacial score (nSPS) is 11.9. The van der Waals surface area contributed by atoms with Crippen LogP contribution in [0.1, 0.15) is 11.5 Å². The van der Waals surface area contributed by atoms with E-state index in [1.165, 1.54) is 12.6 Å². The van der Waals surface area contributed by atoms with Crippen LogP contribution < -0.4 is 10.5 Å². The molecule has 104 valence electrons. The van der Waals surface area contributed by atoms with Gasteiger partial charge < -0.3 is 14.8 Å². The van der Waals surface area contributed by atoms with Crippen molar-refractivity contribution in [2.24, 2.45) is 12.8 Å². The van der Waals surface area contributed by atoms with E-state index in [4.69, 9.17) is 5.73 Å². The summed E-state index contributed by atoms with van der Waals surface area (Å²) >= 11 is 0. The summed E-state index contributed by atoms with van der Waals surface area (Å²) in [6.45, 7) is 0.490. The van der Waals surface area contributed by atoms with E-state index in [-0.39, 0.29) is 18.0 Å². The molecular weight excluding hydrogens is 270 g/mol. The molecule has 2 rings (SSSR count). The molecule has 0 saturated heterocycles. The van der Waals surface area contributed by atoms with Gasteiger partial charge in [-0.3, -0.25) is 0 Å². The molecule has 0 amide bonds. The van der Waals surface area contributed by atoms with E-state index in [0.29, 0.717) is 12.2 Å². The molecule has 3 N–H and O–H groups in total. The average Bonchev–Trinajstić information content (AvgIpc) is 2.98. The molecule has 0 radical (unpaired) electrons. The van der Waals surface area contributed by atoms with Crippen LogP contribution in [-0.4, -0.2) is 29.7 Å². The SMILES string of the molecule is Cn1cc(S(=O)(=O)NCCc2ncon2)cc1CN. The van der Waals surface area contributed by atoms with Gasteiger partial charge in [0.05, 0.1) is 4.90 Å². The van der Waals surface area contributed by atoms with Gasteiger partial charge in [-0.1, -0.05) is 5.16 Å². The zero-order valence-electron chi connectivity index (χ0n) is 10.4. The standard InChI is InChI=1S/C10H15N5O3S/c1-15-6-9(4-8(15)5-11)19(16,17)13-3-2-10-12-7-18-14-10/h4,6-7,13H,2-3,5,11H2,1H3. The number of nitrogens with zero attached hydrogens (tertiary/aromatic N) is 3. The van der Waals surface area contributed by atoms with Crippen molar-refractivity contribution >= 4 is 10.0 Å². The van der Waals surface area contributed by atoms with Crippen LogP contribution >= 0.6 is 0 Å². The minimum Gasteiger partial charge on any atom is -0.352 e. The molecule has 0 aromatic carbocycles. The minimum atomic E-state index is -3.54. The number of hydrogen-bond acceptors (Lipinski definition) is 6. The third kappa shape index (κ3) is 3.19. The van der Waals surface area contributed by atoms with E-state index in [2.05, 4.69) is 19.4 Å². The van der Waals surface area contributed by atoms with E-state index in [9.17, 15) is 8.42 Å². The second-order valence-corrected chi connectivity index (χ2v) is 5.74. The Morgan fingerprint density at radius 2 is 2.32 bits per heavy atom. The van der Waals surface area contributed by atoms with Gasteiger partial charge in [-0.25, -0.2) is 13.1 Å². The van der Waals surface area contributed by atoms with Crippen molar-refractivity contribution in [1.29, 1.82) is 0 Å². The van der Waals surface area contributed by atoms with Crippen molar-refractivity contribution in [3.63, 3.8) is 0 Å². The molecule has 0 atom stereocenters. The van der Waals surface area contributed by atoms with E-state index in [1.807, 2.05) is 0 Å². The van der Waals surface area contributed by atoms with Crippen LogP contribution in [0.5, 0.6) is 0 Å². The number of sulfonamides is 1. The number of hydrogen-bond donors (Lipinski definition) is 2. The van der Waals surface area contributed by atoms with Gasteiger partial charge in [-0.15, -0.1) is 0 Å². The molecule has 19 heavy (non-hydrogen) atoms. The summed E-state index contributed by atoms with van der Waals surface area (Å²) in [7, 11) is -1.79. The predicted octanol–water partition coefficient (Wildman–Crippen LogP) is -0.612. The Morgan fingerprint density at radius 1 is 1.53 bits per heavy atom. The first-order valence-electron chi connectivity index (χ1n) is 5.63. The first-order valence-corrected chi connectivity index (χ1v) is 7.11. The highest BCUT2D eigenvalue weighted by Crippen LogP contribution is 2.12. The van der Waals surface area contributed by atoms with Gasteiger partial charge >= 0.3 is 0 Å². The molecule has 0 spiro atoms. The second kappa shape index (κ2) is 5.51. The van der Waals surface area contributed by atoms with Crippen molar-refractivity contribution in [2.75, 3.05) is 6.54 Å². The molecule has 0 aliphatic rings. The van der Waals surface area contributed by atoms with Crippen molar-refractivity contribution in [3.8, 4) is 0 Å². The maximum absolute atomic E-state index is 12.0. The summed E-state index contributed by atoms with van der Waals surface area (Å²) in [6, 6.07) is 1.55. The number of nitrogens with one attached hydrogen (secondary N) is 1. The summed E-state index contributed by atoms with van der Waals surface area (Å²) in [5, 5.41) is 3.60. The van der Waals surface area contributed by atoms with Crippen molar-refractivity contribution in [1.82, 2.24) is 19.4 Å². The zero-order valence-corrected chi connectivity index (χ0v) is 11.2. The molecule has 0 aliphatic heterocycles. The van der Waals surface area contributed by atoms with Gasteiger partial charge in [-0.2, -0.15) is 4.98 Å². The highest BCUT2D eigenvalue weighted by atomic mass is 32.2. The lowest BCUT2D eigenvalue weighted by atomic mass is 10.4. The van der Waals surface area contributed by atoms with Crippen LogP contribution in [0.25, 0.3) is 0 Å². The highest BCUT2D eigenvalue weighted by Gasteiger charge is 2.16. The number of nitrogens with two attached hydrogens (primary N) is 1. The lowest BCUT2D eigenvalue weighted by molar-refractivity contribution is 0.410. The molecule has 0 unspecified atom stereocenters. The van der Waals surface area contributed by atoms with Crippen molar-refractivity contribution in [3.05, 3.63) is 30.2 Å². The summed E-state index contributed by atoms with van der Waals surface area (Å²) < 4.78 is 32.7. The zero-order chi connectivity index (χ0) is 13.9. The summed E-state index contributed by atoms with van der Waals surface area (Å²) in [5.74, 6) is 0.457. The molecular formula is C10H15N5O3S. The van der Waals surface area contributed by atoms with Gasteiger partial charge in [0.1, 0.15) is 0 Å². The Bertz CT molecular complexity index is 632. The molecule has 0 saturated carbocycles. The molecule has 9 heteroatoms. The molecule has 8 nitrogen and oxygen atoms in total. The van der Waals surface area contributed by atoms with Crippen LogP contribution in [-0.2, 0) is 30.0 Å². The lowest BCUT2D eigenvalue weighted by Crippen LogP contribution is -2.26. The fourth-order valence-corrected chi connectivity index (χ4v) is 2.74. The van der Waals surface area contributed by atoms with E-state index in [1.54, 1.807) is 17.7 Å². The van der Waals surface area contributed by atoms with Gasteiger partial charge in [0.15, 0.2) is 5.82 Å². The smallest absolute Gasteiger partial charge is 0.242 e. The van der Waals surface area contributed by atoms with Crippen LogP contribution in [0.2, 0.25) is 0 Å². The quantitative estimate of drug-likeness (QED) is 0.731. The first-order chi connectivity index (χ1) is 9.03. The van der Waals surface area contributed by atoms with Gasteiger partial charge in [0.25, 0.3) is 0 Å². The van der Waals surface area contributed by atoms with Crippen LogP contribution in [0.3, 0.4) is 0 Å². The number of aryl methyl sites for hydroxylation is 1. The maximum Gasteiger partial charge on any atom is 0.242 e. The van der Waals surface area contributed by atoms with Crippen molar-refractivity contribution < 1.29 is 12.9 Å². The predicted molar refractivity (Wildman–Crippen MR) is 66.5 cm³/mol. The fourth-order valence-electron chi connectivity index (χ4n) is 1.61. The maximum atomic E-state index is 12.0. The monoisotopic (exact) mass is 285 g/mol. The van der Waals surface area contributed by atoms with Crippen LogP contribution in [0, 0.1) is 0 Å². The Labute approximate surface area is 110 Å². The van der Waals surface area contributed by atoms with E-state index < -0.39 is 10.0 Å². The molecule has 2 heterocycles. The molecule has 2 aromatic rings. The summed E-state index contributed by atoms with van der Waals surface area (Å²) in [4.78, 5) is 4.00. The lowest BCUT2D eigenvalue weighted by Gasteiger charge is -2.02. The summed E-state index contributed by atoms with van der Waals surface area (Å²) in [5.41, 5.74) is 6.26. The van der Waals surface area contributed by atoms with Crippen LogP contribution in [0.4, 0.5) is 0 Å². The number of aromatic nitrogens is 3. The highest BCUT2D eigenvalue weighted by molar-refractivity contribution is 7.89. The fraction of sp³-hybridized carbons (Fsp3) is 0.400. The third-order valence-corrected chi connectivity index (χ3v) is 4.08. The van der Waals surface area contributed by atoms with Gasteiger partial charge in [0, 0.05) is 38.4 Å². The van der Waals surface area contributed by atoms with E-state index >= 15 is 0 Å².